The van der Waals surface area contributed by atoms with Crippen LogP contribution in [-0.4, -0.2) is 17.5 Å². The zero-order valence-corrected chi connectivity index (χ0v) is 12.2. The van der Waals surface area contributed by atoms with Crippen molar-refractivity contribution in [1.82, 2.24) is 0 Å². The van der Waals surface area contributed by atoms with Gasteiger partial charge in [0, 0.05) is 36.0 Å². The third kappa shape index (κ3) is 3.17. The molecule has 4 nitrogen and oxygen atoms in total. The van der Waals surface area contributed by atoms with Gasteiger partial charge < -0.3 is 9.73 Å². The van der Waals surface area contributed by atoms with Crippen molar-refractivity contribution in [3.05, 3.63) is 47.9 Å². The van der Waals surface area contributed by atoms with E-state index < -0.39 is 9.73 Å². The minimum Gasteiger partial charge on any atom is -0.469 e. The maximum Gasteiger partial charge on any atom is 0.105 e. The molecule has 0 bridgehead atoms. The highest BCUT2D eigenvalue weighted by Gasteiger charge is 2.06. The molecule has 19 heavy (non-hydrogen) atoms. The lowest BCUT2D eigenvalue weighted by atomic mass is 10.2. The highest BCUT2D eigenvalue weighted by molar-refractivity contribution is 7.93. The molecule has 1 unspecified atom stereocenters. The van der Waals surface area contributed by atoms with Crippen LogP contribution in [-0.2, 0) is 16.3 Å². The summed E-state index contributed by atoms with van der Waals surface area (Å²) in [6, 6.07) is 9.49. The largest absolute Gasteiger partial charge is 0.469 e. The summed E-state index contributed by atoms with van der Waals surface area (Å²) in [7, 11) is -0.704. The van der Waals surface area contributed by atoms with Crippen molar-refractivity contribution in [2.45, 2.75) is 18.4 Å². The topological polar surface area (TPSA) is 54.6 Å². The van der Waals surface area contributed by atoms with E-state index in [1.165, 1.54) is 0 Å². The minimum absolute atomic E-state index is 0.681. The van der Waals surface area contributed by atoms with Gasteiger partial charge >= 0.3 is 0 Å². The molecule has 1 N–H and O–H groups in total. The Hall–Kier alpha value is -1.75. The fraction of sp³-hybridized carbons (Fsp3) is 0.286. The Morgan fingerprint density at radius 1 is 1.37 bits per heavy atom. The Balaban J connectivity index is 2.17. The number of anilines is 1. The number of furan rings is 1. The van der Waals surface area contributed by atoms with Gasteiger partial charge in [-0.3, -0.25) is 0 Å². The number of hydrogen-bond acceptors (Lipinski definition) is 4. The van der Waals surface area contributed by atoms with Gasteiger partial charge in [0.25, 0.3) is 0 Å². The predicted molar refractivity (Wildman–Crippen MR) is 77.9 cm³/mol. The standard InChI is InChI=1S/C14H18N2O2S/c1-11-12(7-8-18-11)10-16-13-5-4-6-14(9-13)19(3,17)15-2/h4-9,16H,10H2,1-3H3. The summed E-state index contributed by atoms with van der Waals surface area (Å²) in [4.78, 5) is 0.740. The first-order chi connectivity index (χ1) is 9.03. The van der Waals surface area contributed by atoms with Crippen molar-refractivity contribution in [1.29, 1.82) is 0 Å². The molecule has 0 aliphatic heterocycles. The quantitative estimate of drug-likeness (QED) is 0.933. The third-order valence-electron chi connectivity index (χ3n) is 3.07. The van der Waals surface area contributed by atoms with Gasteiger partial charge in [-0.05, 0) is 31.2 Å². The van der Waals surface area contributed by atoms with Crippen LogP contribution in [0.4, 0.5) is 5.69 Å². The molecule has 1 aromatic heterocycles. The van der Waals surface area contributed by atoms with Gasteiger partial charge in [-0.25, -0.2) is 8.57 Å². The number of nitrogens with zero attached hydrogens (tertiary/aromatic N) is 1. The molecule has 0 aliphatic rings. The lowest BCUT2D eigenvalue weighted by Crippen LogP contribution is -2.02. The molecule has 0 radical (unpaired) electrons. The van der Waals surface area contributed by atoms with Gasteiger partial charge in [-0.15, -0.1) is 0 Å². The third-order valence-corrected chi connectivity index (χ3v) is 4.89. The first kappa shape index (κ1) is 13.7. The molecule has 0 fully saturated rings. The first-order valence-corrected chi connectivity index (χ1v) is 7.92. The molecule has 1 heterocycles. The Morgan fingerprint density at radius 3 is 2.79 bits per heavy atom. The molecule has 2 rings (SSSR count). The van der Waals surface area contributed by atoms with E-state index in [1.54, 1.807) is 19.6 Å². The molecular weight excluding hydrogens is 260 g/mol. The van der Waals surface area contributed by atoms with Crippen LogP contribution in [0.5, 0.6) is 0 Å². The summed E-state index contributed by atoms with van der Waals surface area (Å²) in [5.74, 6) is 0.909. The van der Waals surface area contributed by atoms with Gasteiger partial charge in [0.15, 0.2) is 0 Å². The van der Waals surface area contributed by atoms with Crippen molar-refractivity contribution < 1.29 is 8.63 Å². The molecule has 1 aromatic carbocycles. The smallest absolute Gasteiger partial charge is 0.105 e. The van der Waals surface area contributed by atoms with Crippen molar-refractivity contribution in [2.24, 2.45) is 4.36 Å². The summed E-state index contributed by atoms with van der Waals surface area (Å²) >= 11 is 0. The van der Waals surface area contributed by atoms with Crippen LogP contribution >= 0.6 is 0 Å². The minimum atomic E-state index is -2.28. The fourth-order valence-corrected chi connectivity index (χ4v) is 2.63. The predicted octanol–water partition coefficient (Wildman–Crippen LogP) is 3.29. The second-order valence-corrected chi connectivity index (χ2v) is 6.81. The molecule has 1 atom stereocenters. The lowest BCUT2D eigenvalue weighted by molar-refractivity contribution is 0.530. The summed E-state index contributed by atoms with van der Waals surface area (Å²) in [5, 5.41) is 3.30. The summed E-state index contributed by atoms with van der Waals surface area (Å²) in [6.07, 6.45) is 3.32. The Kier molecular flexibility index (Phi) is 3.95. The van der Waals surface area contributed by atoms with E-state index >= 15 is 0 Å². The molecule has 102 valence electrons. The van der Waals surface area contributed by atoms with Crippen molar-refractivity contribution in [3.63, 3.8) is 0 Å². The normalized spacial score (nSPS) is 13.8. The molecule has 0 aliphatic carbocycles. The maximum atomic E-state index is 12.2. The fourth-order valence-electron chi connectivity index (χ4n) is 1.74. The van der Waals surface area contributed by atoms with Crippen LogP contribution in [0.25, 0.3) is 0 Å². The van der Waals surface area contributed by atoms with E-state index in [1.807, 2.05) is 37.3 Å². The highest BCUT2D eigenvalue weighted by atomic mass is 32.2. The van der Waals surface area contributed by atoms with E-state index in [0.717, 1.165) is 21.9 Å². The van der Waals surface area contributed by atoms with Crippen molar-refractivity contribution in [3.8, 4) is 0 Å². The number of rotatable bonds is 4. The van der Waals surface area contributed by atoms with E-state index in [-0.39, 0.29) is 0 Å². The van der Waals surface area contributed by atoms with Gasteiger partial charge in [-0.1, -0.05) is 6.07 Å². The number of nitrogens with one attached hydrogen (secondary N) is 1. The van der Waals surface area contributed by atoms with Gasteiger partial charge in [0.1, 0.15) is 5.76 Å². The number of aryl methyl sites for hydroxylation is 1. The van der Waals surface area contributed by atoms with E-state index in [2.05, 4.69) is 9.68 Å². The number of benzene rings is 1. The molecular formula is C14H18N2O2S. The SMILES string of the molecule is CN=S(C)(=O)c1cccc(NCc2ccoc2C)c1. The van der Waals surface area contributed by atoms with Gasteiger partial charge in [0.05, 0.1) is 16.0 Å². The monoisotopic (exact) mass is 278 g/mol. The van der Waals surface area contributed by atoms with Crippen molar-refractivity contribution in [2.75, 3.05) is 18.6 Å². The van der Waals surface area contributed by atoms with Crippen LogP contribution in [0.15, 0.2) is 50.3 Å². The van der Waals surface area contributed by atoms with Crippen molar-refractivity contribution >= 4 is 15.4 Å². The zero-order chi connectivity index (χ0) is 13.9. The molecule has 0 saturated heterocycles. The van der Waals surface area contributed by atoms with E-state index in [9.17, 15) is 4.21 Å². The Bertz CT molecular complexity index is 682. The molecule has 0 spiro atoms. The zero-order valence-electron chi connectivity index (χ0n) is 11.3. The highest BCUT2D eigenvalue weighted by Crippen LogP contribution is 2.18. The second kappa shape index (κ2) is 5.48. The molecule has 5 heteroatoms. The molecule has 0 saturated carbocycles. The van der Waals surface area contributed by atoms with Crippen LogP contribution < -0.4 is 5.32 Å². The summed E-state index contributed by atoms with van der Waals surface area (Å²) < 4.78 is 21.4. The summed E-state index contributed by atoms with van der Waals surface area (Å²) in [6.45, 7) is 2.61. The molecule has 0 amide bonds. The average molecular weight is 278 g/mol. The Labute approximate surface area is 114 Å². The Morgan fingerprint density at radius 2 is 2.16 bits per heavy atom. The van der Waals surface area contributed by atoms with Crippen LogP contribution in [0.1, 0.15) is 11.3 Å². The van der Waals surface area contributed by atoms with Gasteiger partial charge in [0.2, 0.25) is 0 Å². The van der Waals surface area contributed by atoms with Crippen LogP contribution in [0, 0.1) is 6.92 Å². The average Bonchev–Trinajstić information content (AvgIpc) is 2.82. The van der Waals surface area contributed by atoms with Crippen LogP contribution in [0.2, 0.25) is 0 Å². The van der Waals surface area contributed by atoms with Crippen LogP contribution in [0.3, 0.4) is 0 Å². The van der Waals surface area contributed by atoms with E-state index in [0.29, 0.717) is 6.54 Å². The number of hydrogen-bond donors (Lipinski definition) is 1. The lowest BCUT2D eigenvalue weighted by Gasteiger charge is -2.09. The maximum absolute atomic E-state index is 12.2. The first-order valence-electron chi connectivity index (χ1n) is 6.00. The van der Waals surface area contributed by atoms with E-state index in [4.69, 9.17) is 4.42 Å². The molecule has 2 aromatic rings. The van der Waals surface area contributed by atoms with Gasteiger partial charge in [-0.2, -0.15) is 0 Å². The second-order valence-electron chi connectivity index (χ2n) is 4.37. The summed E-state index contributed by atoms with van der Waals surface area (Å²) in [5.41, 5.74) is 2.04.